The molecule has 1 aromatic carbocycles. The number of anilines is 1. The van der Waals surface area contributed by atoms with Crippen molar-refractivity contribution in [2.45, 2.75) is 24.2 Å². The number of sulfone groups is 1. The van der Waals surface area contributed by atoms with Gasteiger partial charge in [-0.1, -0.05) is 28.8 Å². The minimum Gasteiger partial charge on any atom is -0.398 e. The monoisotopic (exact) mass is 303 g/mol. The van der Waals surface area contributed by atoms with Gasteiger partial charge in [0.25, 0.3) is 0 Å². The molecule has 1 aliphatic rings. The van der Waals surface area contributed by atoms with Gasteiger partial charge in [0, 0.05) is 4.47 Å². The third kappa shape index (κ3) is 2.77. The Bertz CT molecular complexity index is 495. The van der Waals surface area contributed by atoms with Gasteiger partial charge in [-0.15, -0.1) is 0 Å². The molecule has 5 heteroatoms. The first-order valence-corrected chi connectivity index (χ1v) is 7.71. The summed E-state index contributed by atoms with van der Waals surface area (Å²) in [4.78, 5) is 0.261. The molecule has 1 aromatic rings. The van der Waals surface area contributed by atoms with Gasteiger partial charge in [0.15, 0.2) is 9.84 Å². The highest BCUT2D eigenvalue weighted by Gasteiger charge is 2.25. The molecule has 0 spiro atoms. The van der Waals surface area contributed by atoms with Crippen LogP contribution < -0.4 is 5.73 Å². The first-order valence-electron chi connectivity index (χ1n) is 5.27. The second kappa shape index (κ2) is 4.37. The largest absolute Gasteiger partial charge is 0.398 e. The van der Waals surface area contributed by atoms with Crippen molar-refractivity contribution in [1.82, 2.24) is 0 Å². The lowest BCUT2D eigenvalue weighted by Gasteiger charge is -2.07. The van der Waals surface area contributed by atoms with E-state index in [1.54, 1.807) is 18.2 Å². The molecule has 0 unspecified atom stereocenters. The van der Waals surface area contributed by atoms with Crippen molar-refractivity contribution in [2.24, 2.45) is 5.92 Å². The summed E-state index contributed by atoms with van der Waals surface area (Å²) in [7, 11) is -3.21. The number of halogens is 1. The lowest BCUT2D eigenvalue weighted by atomic mass is 10.3. The van der Waals surface area contributed by atoms with E-state index in [1.165, 1.54) is 12.8 Å². The van der Waals surface area contributed by atoms with Crippen molar-refractivity contribution in [1.29, 1.82) is 0 Å². The smallest absolute Gasteiger partial charge is 0.180 e. The molecule has 88 valence electrons. The van der Waals surface area contributed by atoms with Crippen LogP contribution in [0.25, 0.3) is 0 Å². The standard InChI is InChI=1S/C11H14BrNO2S/c12-9-3-4-11(10(13)7-9)16(14,15)6-5-8-1-2-8/h3-4,7-8H,1-2,5-6,13H2. The molecule has 0 atom stereocenters. The predicted octanol–water partition coefficient (Wildman–Crippen LogP) is 2.61. The van der Waals surface area contributed by atoms with Crippen molar-refractivity contribution in [3.8, 4) is 0 Å². The fraction of sp³-hybridized carbons (Fsp3) is 0.455. The number of hydrogen-bond donors (Lipinski definition) is 1. The van der Waals surface area contributed by atoms with Crippen molar-refractivity contribution >= 4 is 31.5 Å². The number of hydrogen-bond acceptors (Lipinski definition) is 3. The summed E-state index contributed by atoms with van der Waals surface area (Å²) < 4.78 is 24.8. The second-order valence-electron chi connectivity index (χ2n) is 4.23. The van der Waals surface area contributed by atoms with E-state index in [4.69, 9.17) is 5.73 Å². The lowest BCUT2D eigenvalue weighted by Crippen LogP contribution is -2.10. The number of benzene rings is 1. The Kier molecular flexibility index (Phi) is 3.26. The zero-order chi connectivity index (χ0) is 11.8. The van der Waals surface area contributed by atoms with E-state index < -0.39 is 9.84 Å². The maximum Gasteiger partial charge on any atom is 0.180 e. The SMILES string of the molecule is Nc1cc(Br)ccc1S(=O)(=O)CCC1CC1. The fourth-order valence-electron chi connectivity index (χ4n) is 1.64. The third-order valence-corrected chi connectivity index (χ3v) is 5.11. The Morgan fingerprint density at radius 2 is 2.06 bits per heavy atom. The topological polar surface area (TPSA) is 60.2 Å². The van der Waals surface area contributed by atoms with Crippen LogP contribution in [0.1, 0.15) is 19.3 Å². The quantitative estimate of drug-likeness (QED) is 0.870. The zero-order valence-electron chi connectivity index (χ0n) is 8.82. The van der Waals surface area contributed by atoms with Crippen LogP contribution in [0.15, 0.2) is 27.6 Å². The summed E-state index contributed by atoms with van der Waals surface area (Å²) in [5.41, 5.74) is 6.04. The summed E-state index contributed by atoms with van der Waals surface area (Å²) in [6, 6.07) is 4.91. The molecule has 1 aliphatic carbocycles. The zero-order valence-corrected chi connectivity index (χ0v) is 11.2. The summed E-state index contributed by atoms with van der Waals surface area (Å²) in [6.07, 6.45) is 3.11. The Labute approximate surface area is 104 Å². The molecule has 3 nitrogen and oxygen atoms in total. The van der Waals surface area contributed by atoms with Crippen LogP contribution in [0.2, 0.25) is 0 Å². The molecule has 2 rings (SSSR count). The molecular formula is C11H14BrNO2S. The van der Waals surface area contributed by atoms with Crippen molar-refractivity contribution < 1.29 is 8.42 Å². The number of rotatable bonds is 4. The molecule has 1 fully saturated rings. The molecule has 0 aliphatic heterocycles. The molecule has 0 bridgehead atoms. The Hall–Kier alpha value is -0.550. The van der Waals surface area contributed by atoms with Crippen LogP contribution in [0.3, 0.4) is 0 Å². The molecule has 0 aromatic heterocycles. The molecule has 16 heavy (non-hydrogen) atoms. The average molecular weight is 304 g/mol. The maximum absolute atomic E-state index is 12.0. The molecule has 1 saturated carbocycles. The van der Waals surface area contributed by atoms with E-state index in [0.717, 1.165) is 10.9 Å². The Balaban J connectivity index is 2.20. The molecule has 0 heterocycles. The van der Waals surface area contributed by atoms with Crippen LogP contribution in [0.4, 0.5) is 5.69 Å². The van der Waals surface area contributed by atoms with Gasteiger partial charge in [-0.25, -0.2) is 8.42 Å². The van der Waals surface area contributed by atoms with Gasteiger partial charge in [0.05, 0.1) is 16.3 Å². The van der Waals surface area contributed by atoms with Gasteiger partial charge < -0.3 is 5.73 Å². The van der Waals surface area contributed by atoms with Gasteiger partial charge in [0.2, 0.25) is 0 Å². The predicted molar refractivity (Wildman–Crippen MR) is 67.9 cm³/mol. The van der Waals surface area contributed by atoms with Crippen molar-refractivity contribution in [3.63, 3.8) is 0 Å². The van der Waals surface area contributed by atoms with Gasteiger partial charge >= 0.3 is 0 Å². The van der Waals surface area contributed by atoms with E-state index in [1.807, 2.05) is 0 Å². The molecule has 2 N–H and O–H groups in total. The van der Waals surface area contributed by atoms with Crippen LogP contribution in [0, 0.1) is 5.92 Å². The summed E-state index contributed by atoms with van der Waals surface area (Å²) in [6.45, 7) is 0. The van der Waals surface area contributed by atoms with E-state index in [2.05, 4.69) is 15.9 Å². The van der Waals surface area contributed by atoms with Crippen LogP contribution >= 0.6 is 15.9 Å². The highest BCUT2D eigenvalue weighted by Crippen LogP contribution is 2.34. The van der Waals surface area contributed by atoms with Gasteiger partial charge in [-0.05, 0) is 30.5 Å². The van der Waals surface area contributed by atoms with Gasteiger partial charge in [-0.2, -0.15) is 0 Å². The first kappa shape index (κ1) is 11.9. The molecular weight excluding hydrogens is 290 g/mol. The highest BCUT2D eigenvalue weighted by atomic mass is 79.9. The number of nitrogen functional groups attached to an aromatic ring is 1. The van der Waals surface area contributed by atoms with Crippen LogP contribution in [-0.2, 0) is 9.84 Å². The van der Waals surface area contributed by atoms with Crippen molar-refractivity contribution in [3.05, 3.63) is 22.7 Å². The summed E-state index contributed by atoms with van der Waals surface area (Å²) >= 11 is 3.26. The summed E-state index contributed by atoms with van der Waals surface area (Å²) in [5, 5.41) is 0. The molecule has 0 saturated heterocycles. The molecule has 0 radical (unpaired) electrons. The average Bonchev–Trinajstić information content (AvgIpc) is 2.97. The second-order valence-corrected chi connectivity index (χ2v) is 7.23. The minimum absolute atomic E-state index is 0.212. The third-order valence-electron chi connectivity index (χ3n) is 2.80. The first-order chi connectivity index (χ1) is 7.49. The van der Waals surface area contributed by atoms with Gasteiger partial charge in [0.1, 0.15) is 0 Å². The van der Waals surface area contributed by atoms with E-state index in [9.17, 15) is 8.42 Å². The minimum atomic E-state index is -3.21. The normalized spacial score (nSPS) is 16.3. The van der Waals surface area contributed by atoms with E-state index in [0.29, 0.717) is 11.6 Å². The highest BCUT2D eigenvalue weighted by molar-refractivity contribution is 9.10. The lowest BCUT2D eigenvalue weighted by molar-refractivity contribution is 0.590. The Morgan fingerprint density at radius 3 is 2.62 bits per heavy atom. The van der Waals surface area contributed by atoms with Gasteiger partial charge in [-0.3, -0.25) is 0 Å². The van der Waals surface area contributed by atoms with E-state index >= 15 is 0 Å². The maximum atomic E-state index is 12.0. The summed E-state index contributed by atoms with van der Waals surface area (Å²) in [5.74, 6) is 0.829. The van der Waals surface area contributed by atoms with Crippen LogP contribution in [0.5, 0.6) is 0 Å². The fourth-order valence-corrected chi connectivity index (χ4v) is 3.58. The van der Waals surface area contributed by atoms with Crippen LogP contribution in [-0.4, -0.2) is 14.2 Å². The van der Waals surface area contributed by atoms with E-state index in [-0.39, 0.29) is 10.6 Å². The van der Waals surface area contributed by atoms with Crippen molar-refractivity contribution in [2.75, 3.05) is 11.5 Å². The molecule has 0 amide bonds. The Morgan fingerprint density at radius 1 is 1.38 bits per heavy atom. The number of nitrogens with two attached hydrogens (primary N) is 1.